The number of methoxy groups -OCH3 is 1. The fraction of sp³-hybridized carbons (Fsp3) is 0.533. The summed E-state index contributed by atoms with van der Waals surface area (Å²) >= 11 is 0. The topological polar surface area (TPSA) is 59.6 Å². The Morgan fingerprint density at radius 1 is 1.30 bits per heavy atom. The average molecular weight is 278 g/mol. The Kier molecular flexibility index (Phi) is 5.68. The van der Waals surface area contributed by atoms with Crippen molar-refractivity contribution in [1.82, 2.24) is 10.6 Å². The first kappa shape index (κ1) is 14.7. The number of amides is 2. The van der Waals surface area contributed by atoms with Gasteiger partial charge in [0.05, 0.1) is 13.2 Å². The highest BCUT2D eigenvalue weighted by Crippen LogP contribution is 2.30. The fourth-order valence-electron chi connectivity index (χ4n) is 1.79. The zero-order chi connectivity index (χ0) is 14.2. The number of benzene rings is 1. The van der Waals surface area contributed by atoms with Crippen molar-refractivity contribution in [3.63, 3.8) is 0 Å². The molecule has 0 bridgehead atoms. The van der Waals surface area contributed by atoms with Crippen LogP contribution in [0.15, 0.2) is 24.3 Å². The number of carbonyl (C=O) groups excluding carboxylic acids is 1. The SMILES string of the molecule is COCCNC(=O)NCc1ccccc1OCC1CC1. The van der Waals surface area contributed by atoms with Crippen molar-refractivity contribution in [2.24, 2.45) is 5.92 Å². The minimum Gasteiger partial charge on any atom is -0.493 e. The highest BCUT2D eigenvalue weighted by Gasteiger charge is 2.22. The zero-order valence-electron chi connectivity index (χ0n) is 11.9. The second-order valence-corrected chi connectivity index (χ2v) is 4.96. The van der Waals surface area contributed by atoms with Crippen LogP contribution >= 0.6 is 0 Å². The lowest BCUT2D eigenvalue weighted by Gasteiger charge is -2.12. The molecule has 0 aliphatic heterocycles. The molecule has 1 fully saturated rings. The maximum absolute atomic E-state index is 11.6. The fourth-order valence-corrected chi connectivity index (χ4v) is 1.79. The van der Waals surface area contributed by atoms with Crippen molar-refractivity contribution in [1.29, 1.82) is 0 Å². The number of carbonyl (C=O) groups is 1. The van der Waals surface area contributed by atoms with E-state index in [9.17, 15) is 4.79 Å². The van der Waals surface area contributed by atoms with Crippen molar-refractivity contribution in [3.8, 4) is 5.75 Å². The van der Waals surface area contributed by atoms with E-state index in [4.69, 9.17) is 9.47 Å². The van der Waals surface area contributed by atoms with Crippen LogP contribution in [0.5, 0.6) is 5.75 Å². The van der Waals surface area contributed by atoms with Crippen molar-refractivity contribution in [2.75, 3.05) is 26.9 Å². The van der Waals surface area contributed by atoms with Crippen LogP contribution in [0, 0.1) is 5.92 Å². The van der Waals surface area contributed by atoms with Crippen LogP contribution in [0.4, 0.5) is 4.79 Å². The van der Waals surface area contributed by atoms with Crippen LogP contribution in [0.1, 0.15) is 18.4 Å². The third kappa shape index (κ3) is 5.09. The summed E-state index contributed by atoms with van der Waals surface area (Å²) in [5, 5.41) is 5.53. The van der Waals surface area contributed by atoms with Crippen molar-refractivity contribution in [2.45, 2.75) is 19.4 Å². The second-order valence-electron chi connectivity index (χ2n) is 4.96. The van der Waals surface area contributed by atoms with Gasteiger partial charge < -0.3 is 20.1 Å². The van der Waals surface area contributed by atoms with Crippen LogP contribution < -0.4 is 15.4 Å². The monoisotopic (exact) mass is 278 g/mol. The number of hydrogen-bond acceptors (Lipinski definition) is 3. The lowest BCUT2D eigenvalue weighted by Crippen LogP contribution is -2.36. The summed E-state index contributed by atoms with van der Waals surface area (Å²) in [5.74, 6) is 1.57. The maximum Gasteiger partial charge on any atom is 0.315 e. The number of para-hydroxylation sites is 1. The Hall–Kier alpha value is -1.75. The van der Waals surface area contributed by atoms with Gasteiger partial charge >= 0.3 is 6.03 Å². The van der Waals surface area contributed by atoms with E-state index >= 15 is 0 Å². The van der Waals surface area contributed by atoms with Gasteiger partial charge in [0, 0.05) is 25.8 Å². The normalized spacial score (nSPS) is 13.8. The first-order chi connectivity index (χ1) is 9.79. The highest BCUT2D eigenvalue weighted by atomic mass is 16.5. The minimum atomic E-state index is -0.195. The summed E-state index contributed by atoms with van der Waals surface area (Å²) in [4.78, 5) is 11.6. The smallest absolute Gasteiger partial charge is 0.315 e. The average Bonchev–Trinajstić information content (AvgIpc) is 3.28. The van der Waals surface area contributed by atoms with Gasteiger partial charge in [0.1, 0.15) is 5.75 Å². The molecule has 0 radical (unpaired) electrons. The maximum atomic E-state index is 11.6. The van der Waals surface area contributed by atoms with E-state index in [-0.39, 0.29) is 6.03 Å². The van der Waals surface area contributed by atoms with Crippen molar-refractivity contribution < 1.29 is 14.3 Å². The van der Waals surface area contributed by atoms with E-state index in [1.54, 1.807) is 7.11 Å². The standard InChI is InChI=1S/C15H22N2O3/c1-19-9-8-16-15(18)17-10-13-4-2-3-5-14(13)20-11-12-6-7-12/h2-5,12H,6-11H2,1H3,(H2,16,17,18). The van der Waals surface area contributed by atoms with Crippen LogP contribution in [0.3, 0.4) is 0 Å². The molecule has 0 atom stereocenters. The van der Waals surface area contributed by atoms with Gasteiger partial charge in [-0.2, -0.15) is 0 Å². The molecule has 1 aliphatic carbocycles. The van der Waals surface area contributed by atoms with Crippen LogP contribution in [0.25, 0.3) is 0 Å². The lowest BCUT2D eigenvalue weighted by atomic mass is 10.2. The van der Waals surface area contributed by atoms with E-state index in [0.29, 0.717) is 25.6 Å². The summed E-state index contributed by atoms with van der Waals surface area (Å²) in [5.41, 5.74) is 0.995. The molecular weight excluding hydrogens is 256 g/mol. The molecule has 2 amide bonds. The lowest BCUT2D eigenvalue weighted by molar-refractivity contribution is 0.195. The van der Waals surface area contributed by atoms with Gasteiger partial charge in [-0.25, -0.2) is 4.79 Å². The molecule has 1 saturated carbocycles. The predicted molar refractivity (Wildman–Crippen MR) is 76.8 cm³/mol. The van der Waals surface area contributed by atoms with Crippen molar-refractivity contribution >= 4 is 6.03 Å². The number of nitrogens with one attached hydrogen (secondary N) is 2. The largest absolute Gasteiger partial charge is 0.493 e. The highest BCUT2D eigenvalue weighted by molar-refractivity contribution is 5.73. The molecule has 1 aromatic carbocycles. The van der Waals surface area contributed by atoms with Crippen LogP contribution in [0.2, 0.25) is 0 Å². The van der Waals surface area contributed by atoms with Crippen LogP contribution in [-0.2, 0) is 11.3 Å². The number of ether oxygens (including phenoxy) is 2. The molecule has 110 valence electrons. The Labute approximate surface area is 119 Å². The van der Waals surface area contributed by atoms with Gasteiger partial charge in [0.15, 0.2) is 0 Å². The molecule has 2 rings (SSSR count). The molecule has 0 aromatic heterocycles. The Morgan fingerprint density at radius 3 is 2.85 bits per heavy atom. The molecular formula is C15H22N2O3. The Bertz CT molecular complexity index is 433. The van der Waals surface area contributed by atoms with Crippen LogP contribution in [-0.4, -0.2) is 32.9 Å². The number of urea groups is 1. The molecule has 5 heteroatoms. The van der Waals surface area contributed by atoms with E-state index in [1.807, 2.05) is 24.3 Å². The van der Waals surface area contributed by atoms with E-state index in [2.05, 4.69) is 10.6 Å². The van der Waals surface area contributed by atoms with Crippen molar-refractivity contribution in [3.05, 3.63) is 29.8 Å². The van der Waals surface area contributed by atoms with E-state index in [0.717, 1.165) is 17.9 Å². The summed E-state index contributed by atoms with van der Waals surface area (Å²) in [6, 6.07) is 7.62. The number of rotatable bonds is 8. The van der Waals surface area contributed by atoms with Gasteiger partial charge in [-0.15, -0.1) is 0 Å². The zero-order valence-corrected chi connectivity index (χ0v) is 11.9. The van der Waals surface area contributed by atoms with E-state index < -0.39 is 0 Å². The third-order valence-electron chi connectivity index (χ3n) is 3.18. The van der Waals surface area contributed by atoms with Gasteiger partial charge in [-0.1, -0.05) is 18.2 Å². The second kappa shape index (κ2) is 7.75. The molecule has 2 N–H and O–H groups in total. The molecule has 5 nitrogen and oxygen atoms in total. The first-order valence-electron chi connectivity index (χ1n) is 7.01. The quantitative estimate of drug-likeness (QED) is 0.714. The minimum absolute atomic E-state index is 0.195. The molecule has 1 aliphatic rings. The van der Waals surface area contributed by atoms with Gasteiger partial charge in [0.2, 0.25) is 0 Å². The van der Waals surface area contributed by atoms with E-state index in [1.165, 1.54) is 12.8 Å². The molecule has 0 spiro atoms. The molecule has 0 saturated heterocycles. The Morgan fingerprint density at radius 2 is 2.10 bits per heavy atom. The molecule has 0 unspecified atom stereocenters. The first-order valence-corrected chi connectivity index (χ1v) is 7.01. The van der Waals surface area contributed by atoms with Gasteiger partial charge in [-0.3, -0.25) is 0 Å². The number of hydrogen-bond donors (Lipinski definition) is 2. The third-order valence-corrected chi connectivity index (χ3v) is 3.18. The molecule has 20 heavy (non-hydrogen) atoms. The predicted octanol–water partition coefficient (Wildman–Crippen LogP) is 1.92. The molecule has 0 heterocycles. The summed E-state index contributed by atoms with van der Waals surface area (Å²) < 4.78 is 10.7. The van der Waals surface area contributed by atoms with Gasteiger partial charge in [-0.05, 0) is 24.8 Å². The van der Waals surface area contributed by atoms with Gasteiger partial charge in [0.25, 0.3) is 0 Å². The Balaban J connectivity index is 1.77. The summed E-state index contributed by atoms with van der Waals surface area (Å²) in [7, 11) is 1.60. The summed E-state index contributed by atoms with van der Waals surface area (Å²) in [6.07, 6.45) is 2.53. The molecule has 1 aromatic rings. The summed E-state index contributed by atoms with van der Waals surface area (Å²) in [6.45, 7) is 2.24.